The molecule has 0 radical (unpaired) electrons. The minimum Gasteiger partial charge on any atom is -0.390 e. The van der Waals surface area contributed by atoms with Crippen molar-refractivity contribution in [1.82, 2.24) is 0 Å². The zero-order valence-corrected chi connectivity index (χ0v) is 9.27. The molecule has 1 aliphatic carbocycles. The van der Waals surface area contributed by atoms with Crippen molar-refractivity contribution in [3.05, 3.63) is 0 Å². The molecule has 0 spiro atoms. The molecule has 0 aromatic rings. The van der Waals surface area contributed by atoms with Crippen molar-refractivity contribution in [2.45, 2.75) is 69.9 Å². The van der Waals surface area contributed by atoms with E-state index in [1.165, 1.54) is 32.1 Å². The molecule has 1 heterocycles. The Morgan fingerprint density at radius 3 is 2.40 bits per heavy atom. The van der Waals surface area contributed by atoms with Crippen LogP contribution in [0.4, 0.5) is 0 Å². The van der Waals surface area contributed by atoms with Crippen LogP contribution in [0.5, 0.6) is 0 Å². The Labute approximate surface area is 91.4 Å². The van der Waals surface area contributed by atoms with Crippen LogP contribution in [-0.2, 0) is 4.74 Å². The van der Waals surface area contributed by atoms with E-state index in [4.69, 9.17) is 4.74 Å². The molecule has 2 unspecified atom stereocenters. The second kappa shape index (κ2) is 5.28. The van der Waals surface area contributed by atoms with Gasteiger partial charge in [0, 0.05) is 6.42 Å². The first kappa shape index (κ1) is 11.4. The lowest BCUT2D eigenvalue weighted by Gasteiger charge is -2.26. The number of rotatable bonds is 3. The summed E-state index contributed by atoms with van der Waals surface area (Å²) in [5.74, 6) is 0.676. The number of aliphatic hydroxyl groups is 2. The fourth-order valence-corrected chi connectivity index (χ4v) is 2.84. The van der Waals surface area contributed by atoms with E-state index in [0.29, 0.717) is 12.3 Å². The van der Waals surface area contributed by atoms with Crippen molar-refractivity contribution in [3.63, 3.8) is 0 Å². The second-order valence-corrected chi connectivity index (χ2v) is 5.01. The molecule has 0 bridgehead atoms. The van der Waals surface area contributed by atoms with Gasteiger partial charge in [-0.15, -0.1) is 0 Å². The van der Waals surface area contributed by atoms with E-state index in [0.717, 1.165) is 12.8 Å². The molecule has 1 aliphatic heterocycles. The van der Waals surface area contributed by atoms with Crippen molar-refractivity contribution in [1.29, 1.82) is 0 Å². The minimum atomic E-state index is -0.643. The third kappa shape index (κ3) is 3.16. The Bertz CT molecular complexity index is 189. The zero-order chi connectivity index (χ0) is 10.7. The van der Waals surface area contributed by atoms with Crippen LogP contribution >= 0.6 is 0 Å². The Morgan fingerprint density at radius 1 is 1.07 bits per heavy atom. The molecule has 2 aliphatic rings. The van der Waals surface area contributed by atoms with Gasteiger partial charge in [-0.05, 0) is 18.8 Å². The Morgan fingerprint density at radius 2 is 1.80 bits per heavy atom. The summed E-state index contributed by atoms with van der Waals surface area (Å²) in [5, 5.41) is 19.2. The maximum atomic E-state index is 9.98. The van der Waals surface area contributed by atoms with Crippen molar-refractivity contribution >= 4 is 0 Å². The van der Waals surface area contributed by atoms with Gasteiger partial charge in [-0.2, -0.15) is 0 Å². The summed E-state index contributed by atoms with van der Waals surface area (Å²) in [7, 11) is 0. The second-order valence-electron chi connectivity index (χ2n) is 5.01. The van der Waals surface area contributed by atoms with E-state index in [9.17, 15) is 10.2 Å². The fraction of sp³-hybridized carbons (Fsp3) is 1.00. The highest BCUT2D eigenvalue weighted by molar-refractivity contribution is 4.79. The molecule has 1 saturated carbocycles. The largest absolute Gasteiger partial charge is 0.390 e. The highest BCUT2D eigenvalue weighted by Crippen LogP contribution is 2.30. The molecule has 2 fully saturated rings. The lowest BCUT2D eigenvalue weighted by molar-refractivity contribution is -0.124. The van der Waals surface area contributed by atoms with E-state index in [-0.39, 0.29) is 12.2 Å². The van der Waals surface area contributed by atoms with Gasteiger partial charge in [0.1, 0.15) is 0 Å². The van der Waals surface area contributed by atoms with Crippen molar-refractivity contribution in [3.8, 4) is 0 Å². The van der Waals surface area contributed by atoms with E-state index >= 15 is 0 Å². The lowest BCUT2D eigenvalue weighted by atomic mass is 9.84. The zero-order valence-electron chi connectivity index (χ0n) is 9.27. The van der Waals surface area contributed by atoms with Gasteiger partial charge < -0.3 is 14.9 Å². The first-order valence-electron chi connectivity index (χ1n) is 6.27. The molecule has 2 N–H and O–H groups in total. The number of hydrogen-bond acceptors (Lipinski definition) is 3. The smallest absolute Gasteiger partial charge is 0.155 e. The number of hydrogen-bond donors (Lipinski definition) is 2. The quantitative estimate of drug-likeness (QED) is 0.753. The maximum Gasteiger partial charge on any atom is 0.155 e. The van der Waals surface area contributed by atoms with Crippen molar-refractivity contribution < 1.29 is 14.9 Å². The van der Waals surface area contributed by atoms with Gasteiger partial charge in [0.2, 0.25) is 0 Å². The standard InChI is InChI=1S/C12H22O3/c13-10(11-6-7-12(14)15-11)8-9-4-2-1-3-5-9/h9-14H,1-8H2/t10-,11?,12?/m1/s1. The predicted molar refractivity (Wildman–Crippen MR) is 57.3 cm³/mol. The normalized spacial score (nSPS) is 35.6. The van der Waals surface area contributed by atoms with Crippen LogP contribution < -0.4 is 0 Å². The van der Waals surface area contributed by atoms with Gasteiger partial charge in [0.15, 0.2) is 6.29 Å². The predicted octanol–water partition coefficient (Wildman–Crippen LogP) is 1.82. The van der Waals surface area contributed by atoms with Gasteiger partial charge in [-0.25, -0.2) is 0 Å². The van der Waals surface area contributed by atoms with Crippen molar-refractivity contribution in [2.24, 2.45) is 5.92 Å². The third-order valence-electron chi connectivity index (χ3n) is 3.76. The summed E-state index contributed by atoms with van der Waals surface area (Å²) in [6.45, 7) is 0. The van der Waals surface area contributed by atoms with Crippen LogP contribution in [0, 0.1) is 5.92 Å². The van der Waals surface area contributed by atoms with Crippen LogP contribution in [-0.4, -0.2) is 28.7 Å². The molecule has 88 valence electrons. The lowest BCUT2D eigenvalue weighted by Crippen LogP contribution is -2.29. The first-order chi connectivity index (χ1) is 7.25. The van der Waals surface area contributed by atoms with E-state index in [1.807, 2.05) is 0 Å². The molecule has 3 atom stereocenters. The van der Waals surface area contributed by atoms with E-state index in [1.54, 1.807) is 0 Å². The average molecular weight is 214 g/mol. The minimum absolute atomic E-state index is 0.123. The van der Waals surface area contributed by atoms with Crippen LogP contribution in [0.25, 0.3) is 0 Å². The SMILES string of the molecule is OC1CCC([C@H](O)CC2CCCCC2)O1. The monoisotopic (exact) mass is 214 g/mol. The van der Waals surface area contributed by atoms with Gasteiger partial charge in [0.25, 0.3) is 0 Å². The van der Waals surface area contributed by atoms with Crippen LogP contribution in [0.15, 0.2) is 0 Å². The number of aliphatic hydroxyl groups excluding tert-OH is 2. The van der Waals surface area contributed by atoms with E-state index in [2.05, 4.69) is 0 Å². The maximum absolute atomic E-state index is 9.98. The molecule has 0 aromatic carbocycles. The Hall–Kier alpha value is -0.120. The third-order valence-corrected chi connectivity index (χ3v) is 3.76. The van der Waals surface area contributed by atoms with Gasteiger partial charge >= 0.3 is 0 Å². The average Bonchev–Trinajstić information content (AvgIpc) is 2.66. The van der Waals surface area contributed by atoms with Gasteiger partial charge in [-0.1, -0.05) is 32.1 Å². The Kier molecular flexibility index (Phi) is 4.00. The number of ether oxygens (including phenoxy) is 1. The van der Waals surface area contributed by atoms with Crippen molar-refractivity contribution in [2.75, 3.05) is 0 Å². The highest BCUT2D eigenvalue weighted by atomic mass is 16.6. The summed E-state index contributed by atoms with van der Waals surface area (Å²) in [6.07, 6.45) is 7.68. The highest BCUT2D eigenvalue weighted by Gasteiger charge is 2.31. The van der Waals surface area contributed by atoms with Gasteiger partial charge in [-0.3, -0.25) is 0 Å². The summed E-state index contributed by atoms with van der Waals surface area (Å²) < 4.78 is 5.27. The fourth-order valence-electron chi connectivity index (χ4n) is 2.84. The molecule has 3 nitrogen and oxygen atoms in total. The molecule has 2 rings (SSSR count). The summed E-state index contributed by atoms with van der Waals surface area (Å²) in [6, 6.07) is 0. The Balaban J connectivity index is 1.73. The summed E-state index contributed by atoms with van der Waals surface area (Å²) in [5.41, 5.74) is 0. The molecule has 0 amide bonds. The van der Waals surface area contributed by atoms with E-state index < -0.39 is 6.29 Å². The molecule has 0 aromatic heterocycles. The summed E-state index contributed by atoms with van der Waals surface area (Å²) in [4.78, 5) is 0. The molecule has 1 saturated heterocycles. The molecular formula is C12H22O3. The van der Waals surface area contributed by atoms with Gasteiger partial charge in [0.05, 0.1) is 12.2 Å². The topological polar surface area (TPSA) is 49.7 Å². The van der Waals surface area contributed by atoms with Crippen LogP contribution in [0.1, 0.15) is 51.4 Å². The molecular weight excluding hydrogens is 192 g/mol. The molecule has 15 heavy (non-hydrogen) atoms. The van der Waals surface area contributed by atoms with Crippen LogP contribution in [0.3, 0.4) is 0 Å². The summed E-state index contributed by atoms with van der Waals surface area (Å²) >= 11 is 0. The molecule has 3 heteroatoms. The first-order valence-corrected chi connectivity index (χ1v) is 6.27. The van der Waals surface area contributed by atoms with Crippen LogP contribution in [0.2, 0.25) is 0 Å².